The number of nitrogens with two attached hydrogens (primary N) is 1. The summed E-state index contributed by atoms with van der Waals surface area (Å²) in [6.45, 7) is 3.74. The Morgan fingerprint density at radius 3 is 2.32 bits per heavy atom. The molecule has 0 aliphatic carbocycles. The van der Waals surface area contributed by atoms with Crippen LogP contribution < -0.4 is 27.0 Å². The molecule has 0 saturated heterocycles. The number of hydrogen-bond acceptors (Lipinski definition) is 9. The molecule has 9 nitrogen and oxygen atoms in total. The van der Waals surface area contributed by atoms with Crippen molar-refractivity contribution in [3.8, 4) is 0 Å². The molecule has 10 heteroatoms. The highest BCUT2D eigenvalue weighted by atomic mass is 32.2. The molecule has 0 spiro atoms. The number of aromatic nitrogens is 2. The lowest BCUT2D eigenvalue weighted by molar-refractivity contribution is 0.566. The van der Waals surface area contributed by atoms with E-state index in [1.54, 1.807) is 31.3 Å². The van der Waals surface area contributed by atoms with E-state index in [4.69, 9.17) is 5.73 Å². The summed E-state index contributed by atoms with van der Waals surface area (Å²) in [6.07, 6.45) is 3.53. The molecular formula is C28H31N7O2S. The summed E-state index contributed by atoms with van der Waals surface area (Å²) in [4.78, 5) is 8.85. The van der Waals surface area contributed by atoms with Gasteiger partial charge < -0.3 is 21.3 Å². The minimum Gasteiger partial charge on any atom is -0.349 e. The second kappa shape index (κ2) is 9.96. The molecule has 5 rings (SSSR count). The Labute approximate surface area is 222 Å². The number of anilines is 6. The van der Waals surface area contributed by atoms with Crippen molar-refractivity contribution in [3.05, 3.63) is 95.7 Å². The van der Waals surface area contributed by atoms with Gasteiger partial charge in [0, 0.05) is 30.2 Å². The molecule has 0 saturated carbocycles. The zero-order valence-electron chi connectivity index (χ0n) is 21.5. The summed E-state index contributed by atoms with van der Waals surface area (Å²) in [5, 5.41) is 12.7. The van der Waals surface area contributed by atoms with Crippen LogP contribution in [-0.2, 0) is 16.3 Å². The maximum absolute atomic E-state index is 11.8. The van der Waals surface area contributed by atoms with Crippen molar-refractivity contribution in [1.29, 1.82) is 0 Å². The topological polar surface area (TPSA) is 134 Å². The molecule has 196 valence electrons. The molecular weight excluding hydrogens is 498 g/mol. The number of fused-ring (bicyclic) bond motifs is 1. The van der Waals surface area contributed by atoms with Crippen molar-refractivity contribution in [1.82, 2.24) is 9.97 Å². The first kappa shape index (κ1) is 25.5. The van der Waals surface area contributed by atoms with Gasteiger partial charge in [-0.1, -0.05) is 42.0 Å². The molecule has 0 radical (unpaired) electrons. The van der Waals surface area contributed by atoms with E-state index in [-0.39, 0.29) is 0 Å². The Bertz CT molecular complexity index is 1560. The summed E-state index contributed by atoms with van der Waals surface area (Å²) in [5.74, 6) is 0.255. The predicted octanol–water partition coefficient (Wildman–Crippen LogP) is 5.07. The first-order valence-electron chi connectivity index (χ1n) is 12.3. The van der Waals surface area contributed by atoms with Gasteiger partial charge in [-0.3, -0.25) is 5.73 Å². The van der Waals surface area contributed by atoms with Crippen molar-refractivity contribution >= 4 is 44.4 Å². The summed E-state index contributed by atoms with van der Waals surface area (Å²) >= 11 is 0. The van der Waals surface area contributed by atoms with E-state index < -0.39 is 20.9 Å². The Morgan fingerprint density at radius 1 is 0.921 bits per heavy atom. The van der Waals surface area contributed by atoms with Crippen LogP contribution >= 0.6 is 0 Å². The third kappa shape index (κ3) is 5.87. The van der Waals surface area contributed by atoms with Crippen LogP contribution in [0.25, 0.3) is 0 Å². The van der Waals surface area contributed by atoms with Crippen molar-refractivity contribution in [2.45, 2.75) is 31.3 Å². The van der Waals surface area contributed by atoms with E-state index >= 15 is 0 Å². The van der Waals surface area contributed by atoms with Gasteiger partial charge in [-0.05, 0) is 61.4 Å². The Morgan fingerprint density at radius 2 is 1.61 bits per heavy atom. The molecule has 3 aromatic carbocycles. The lowest BCUT2D eigenvalue weighted by Crippen LogP contribution is -2.53. The fourth-order valence-corrected chi connectivity index (χ4v) is 4.96. The Balaban J connectivity index is 1.25. The van der Waals surface area contributed by atoms with Crippen LogP contribution in [0, 0.1) is 6.92 Å². The number of benzene rings is 3. The number of nitrogens with one attached hydrogen (secondary N) is 4. The predicted molar refractivity (Wildman–Crippen MR) is 154 cm³/mol. The maximum Gasteiger partial charge on any atom is 0.229 e. The zero-order valence-corrected chi connectivity index (χ0v) is 22.3. The average Bonchev–Trinajstić information content (AvgIpc) is 3.20. The SMILES string of the molecule is Cc1ccc(CC2(N)Nc3ccc(Nc4ccnc(Nc5ccc(C(C)S(C)(=O)=O)cc5)n4)cc3N2)cc1. The first-order chi connectivity index (χ1) is 18.1. The van der Waals surface area contributed by atoms with Gasteiger partial charge in [0.2, 0.25) is 5.95 Å². The second-order valence-corrected chi connectivity index (χ2v) is 12.1. The number of hydrogen-bond donors (Lipinski definition) is 5. The standard InChI is InChI=1S/C28H31N7O2S/c1-18-4-6-20(7-5-18)17-28(29)34-24-13-12-23(16-25(24)35-28)31-26-14-15-30-27(33-26)32-22-10-8-21(9-11-22)19(2)38(3,36)37/h4-16,19,34-35H,17,29H2,1-3H3,(H2,30,31,32,33). The maximum atomic E-state index is 11.8. The lowest BCUT2D eigenvalue weighted by atomic mass is 10.1. The monoisotopic (exact) mass is 529 g/mol. The van der Waals surface area contributed by atoms with Gasteiger partial charge >= 0.3 is 0 Å². The second-order valence-electron chi connectivity index (χ2n) is 9.75. The van der Waals surface area contributed by atoms with Crippen LogP contribution in [0.5, 0.6) is 0 Å². The van der Waals surface area contributed by atoms with E-state index in [9.17, 15) is 8.42 Å². The van der Waals surface area contributed by atoms with Gasteiger partial charge in [0.25, 0.3) is 0 Å². The molecule has 1 aliphatic heterocycles. The molecule has 4 aromatic rings. The van der Waals surface area contributed by atoms with E-state index in [1.165, 1.54) is 11.8 Å². The number of sulfone groups is 1. The van der Waals surface area contributed by atoms with Crippen LogP contribution in [0.2, 0.25) is 0 Å². The normalized spacial score (nSPS) is 17.2. The van der Waals surface area contributed by atoms with Crippen LogP contribution in [0.4, 0.5) is 34.5 Å². The smallest absolute Gasteiger partial charge is 0.229 e. The first-order valence-corrected chi connectivity index (χ1v) is 14.2. The van der Waals surface area contributed by atoms with Crippen molar-refractivity contribution in [2.75, 3.05) is 27.5 Å². The summed E-state index contributed by atoms with van der Waals surface area (Å²) < 4.78 is 23.6. The van der Waals surface area contributed by atoms with Crippen LogP contribution in [-0.4, -0.2) is 30.4 Å². The molecule has 0 fully saturated rings. The molecule has 2 unspecified atom stereocenters. The summed E-state index contributed by atoms with van der Waals surface area (Å²) in [5.41, 5.74) is 13.2. The Kier molecular flexibility index (Phi) is 6.68. The van der Waals surface area contributed by atoms with E-state index in [1.807, 2.05) is 30.3 Å². The third-order valence-corrected chi connectivity index (χ3v) is 8.10. The van der Waals surface area contributed by atoms with Gasteiger partial charge in [-0.15, -0.1) is 0 Å². The molecule has 0 amide bonds. The highest BCUT2D eigenvalue weighted by molar-refractivity contribution is 7.90. The van der Waals surface area contributed by atoms with Gasteiger partial charge in [0.1, 0.15) is 5.82 Å². The molecule has 1 aromatic heterocycles. The molecule has 38 heavy (non-hydrogen) atoms. The summed E-state index contributed by atoms with van der Waals surface area (Å²) in [6, 6.07) is 23.3. The van der Waals surface area contributed by atoms with Gasteiger partial charge in [-0.25, -0.2) is 13.4 Å². The highest BCUT2D eigenvalue weighted by Crippen LogP contribution is 2.36. The van der Waals surface area contributed by atoms with Crippen LogP contribution in [0.3, 0.4) is 0 Å². The zero-order chi connectivity index (χ0) is 26.9. The summed E-state index contributed by atoms with van der Waals surface area (Å²) in [7, 11) is -3.16. The fraction of sp³-hybridized carbons (Fsp3) is 0.214. The minimum absolute atomic E-state index is 0.416. The molecule has 2 atom stereocenters. The minimum atomic E-state index is -3.16. The number of rotatable bonds is 8. The largest absolute Gasteiger partial charge is 0.349 e. The number of nitrogens with zero attached hydrogens (tertiary/aromatic N) is 2. The van der Waals surface area contributed by atoms with Crippen LogP contribution in [0.15, 0.2) is 79.0 Å². The Hall–Kier alpha value is -4.15. The molecule has 2 heterocycles. The quantitative estimate of drug-likeness (QED) is 0.212. The number of aryl methyl sites for hydroxylation is 1. The lowest BCUT2D eigenvalue weighted by Gasteiger charge is -2.26. The van der Waals surface area contributed by atoms with Gasteiger partial charge in [0.15, 0.2) is 15.6 Å². The third-order valence-electron chi connectivity index (χ3n) is 6.55. The van der Waals surface area contributed by atoms with Gasteiger partial charge in [0.05, 0.1) is 16.6 Å². The van der Waals surface area contributed by atoms with Crippen LogP contribution in [0.1, 0.15) is 28.9 Å². The van der Waals surface area contributed by atoms with Gasteiger partial charge in [-0.2, -0.15) is 4.98 Å². The average molecular weight is 530 g/mol. The van der Waals surface area contributed by atoms with Crippen molar-refractivity contribution in [3.63, 3.8) is 0 Å². The van der Waals surface area contributed by atoms with E-state index in [0.717, 1.165) is 33.9 Å². The molecule has 6 N–H and O–H groups in total. The van der Waals surface area contributed by atoms with E-state index in [0.29, 0.717) is 18.2 Å². The molecule has 1 aliphatic rings. The van der Waals surface area contributed by atoms with Crippen molar-refractivity contribution < 1.29 is 8.42 Å². The van der Waals surface area contributed by atoms with Crippen molar-refractivity contribution in [2.24, 2.45) is 5.73 Å². The van der Waals surface area contributed by atoms with E-state index in [2.05, 4.69) is 62.4 Å². The molecule has 0 bridgehead atoms. The highest BCUT2D eigenvalue weighted by Gasteiger charge is 2.32. The fourth-order valence-electron chi connectivity index (χ4n) is 4.31.